The van der Waals surface area contributed by atoms with Crippen molar-refractivity contribution in [3.63, 3.8) is 0 Å². The molecular weight excluding hydrogens is 323 g/mol. The molecule has 0 aliphatic carbocycles. The van der Waals surface area contributed by atoms with Gasteiger partial charge in [0.15, 0.2) is 0 Å². The number of ether oxygens (including phenoxy) is 2. The summed E-state index contributed by atoms with van der Waals surface area (Å²) in [6, 6.07) is 4.71. The molecule has 1 aromatic carbocycles. The van der Waals surface area contributed by atoms with Gasteiger partial charge in [0, 0.05) is 13.1 Å². The van der Waals surface area contributed by atoms with Gasteiger partial charge in [-0.3, -0.25) is 0 Å². The average molecular weight is 339 g/mol. The van der Waals surface area contributed by atoms with Gasteiger partial charge in [-0.05, 0) is 26.0 Å². The molecule has 0 N–H and O–H groups in total. The molecule has 1 aromatic rings. The fourth-order valence-electron chi connectivity index (χ4n) is 2.34. The molecule has 0 radical (unpaired) electrons. The van der Waals surface area contributed by atoms with Crippen molar-refractivity contribution in [1.82, 2.24) is 4.31 Å². The number of nitrogens with zero attached hydrogens (tertiary/aromatic N) is 1. The molecule has 5 nitrogen and oxygen atoms in total. The minimum Gasteiger partial charge on any atom is -0.404 e. The van der Waals surface area contributed by atoms with Crippen LogP contribution in [0.2, 0.25) is 0 Å². The average Bonchev–Trinajstić information content (AvgIpc) is 2.36. The van der Waals surface area contributed by atoms with Crippen molar-refractivity contribution in [2.75, 3.05) is 13.1 Å². The Morgan fingerprint density at radius 2 is 1.73 bits per heavy atom. The van der Waals surface area contributed by atoms with Crippen molar-refractivity contribution in [3.8, 4) is 5.75 Å². The Morgan fingerprint density at radius 1 is 1.18 bits per heavy atom. The Hall–Kier alpha value is -1.32. The molecule has 0 bridgehead atoms. The number of hydrogen-bond acceptors (Lipinski definition) is 4. The second-order valence-electron chi connectivity index (χ2n) is 5.07. The van der Waals surface area contributed by atoms with Crippen LogP contribution in [0, 0.1) is 0 Å². The monoisotopic (exact) mass is 339 g/mol. The van der Waals surface area contributed by atoms with Gasteiger partial charge in [0.25, 0.3) is 0 Å². The minimum atomic E-state index is -4.96. The number of alkyl halides is 3. The topological polar surface area (TPSA) is 55.8 Å². The molecule has 22 heavy (non-hydrogen) atoms. The van der Waals surface area contributed by atoms with Gasteiger partial charge in [0.2, 0.25) is 10.0 Å². The van der Waals surface area contributed by atoms with Crippen LogP contribution in [0.3, 0.4) is 0 Å². The summed E-state index contributed by atoms with van der Waals surface area (Å²) in [5.74, 6) is -0.734. The Morgan fingerprint density at radius 3 is 2.27 bits per heavy atom. The summed E-state index contributed by atoms with van der Waals surface area (Å²) in [5, 5.41) is 0. The van der Waals surface area contributed by atoms with E-state index in [-0.39, 0.29) is 25.3 Å². The summed E-state index contributed by atoms with van der Waals surface area (Å²) < 4.78 is 72.9. The molecule has 1 aliphatic heterocycles. The van der Waals surface area contributed by atoms with Gasteiger partial charge in [0.05, 0.1) is 12.2 Å². The lowest BCUT2D eigenvalue weighted by atomic mass is 10.3. The number of benzene rings is 1. The fourth-order valence-corrected chi connectivity index (χ4v) is 4.04. The zero-order valence-corrected chi connectivity index (χ0v) is 12.8. The van der Waals surface area contributed by atoms with Crippen LogP contribution in [0.15, 0.2) is 29.2 Å². The molecule has 0 unspecified atom stereocenters. The van der Waals surface area contributed by atoms with Crippen molar-refractivity contribution >= 4 is 10.0 Å². The zero-order chi connectivity index (χ0) is 16.5. The summed E-state index contributed by atoms with van der Waals surface area (Å²) in [5.41, 5.74) is 0. The maximum Gasteiger partial charge on any atom is 0.573 e. The van der Waals surface area contributed by atoms with Crippen molar-refractivity contribution in [2.45, 2.75) is 37.3 Å². The number of para-hydroxylation sites is 1. The molecule has 1 heterocycles. The van der Waals surface area contributed by atoms with Crippen LogP contribution < -0.4 is 4.74 Å². The maximum atomic E-state index is 12.6. The van der Waals surface area contributed by atoms with Gasteiger partial charge in [-0.1, -0.05) is 12.1 Å². The van der Waals surface area contributed by atoms with Crippen LogP contribution in [0.5, 0.6) is 5.75 Å². The molecule has 0 aromatic heterocycles. The lowest BCUT2D eigenvalue weighted by Gasteiger charge is -2.34. The molecule has 1 saturated heterocycles. The summed E-state index contributed by atoms with van der Waals surface area (Å²) in [4.78, 5) is -0.506. The third kappa shape index (κ3) is 3.90. The van der Waals surface area contributed by atoms with E-state index in [1.807, 2.05) is 0 Å². The summed E-state index contributed by atoms with van der Waals surface area (Å²) >= 11 is 0. The SMILES string of the molecule is C[C@@H]1CN(S(=O)(=O)c2ccccc2OC(F)(F)F)C[C@@H](C)O1. The van der Waals surface area contributed by atoms with E-state index in [4.69, 9.17) is 4.74 Å². The predicted molar refractivity (Wildman–Crippen MR) is 71.9 cm³/mol. The summed E-state index contributed by atoms with van der Waals surface area (Å²) in [6.45, 7) is 3.56. The molecule has 1 aliphatic rings. The van der Waals surface area contributed by atoms with E-state index in [0.29, 0.717) is 0 Å². The van der Waals surface area contributed by atoms with E-state index in [0.717, 1.165) is 16.4 Å². The number of halogens is 3. The quantitative estimate of drug-likeness (QED) is 0.848. The number of rotatable bonds is 3. The first-order chi connectivity index (χ1) is 10.1. The molecule has 2 rings (SSSR count). The summed E-state index contributed by atoms with van der Waals surface area (Å²) in [7, 11) is -4.10. The van der Waals surface area contributed by atoms with E-state index in [1.54, 1.807) is 13.8 Å². The Bertz CT molecular complexity index is 622. The van der Waals surface area contributed by atoms with Crippen molar-refractivity contribution in [2.24, 2.45) is 0 Å². The normalized spacial score (nSPS) is 24.2. The second-order valence-corrected chi connectivity index (χ2v) is 6.98. The largest absolute Gasteiger partial charge is 0.573 e. The van der Waals surface area contributed by atoms with E-state index in [1.165, 1.54) is 12.1 Å². The molecule has 1 fully saturated rings. The highest BCUT2D eigenvalue weighted by Crippen LogP contribution is 2.32. The standard InChI is InChI=1S/C13H16F3NO4S/c1-9-7-17(8-10(2)20-9)22(18,19)12-6-4-3-5-11(12)21-13(14,15)16/h3-6,9-10H,7-8H2,1-2H3/t9-,10-/m1/s1. The van der Waals surface area contributed by atoms with Gasteiger partial charge in [0.1, 0.15) is 10.6 Å². The van der Waals surface area contributed by atoms with Crippen LogP contribution in [0.1, 0.15) is 13.8 Å². The molecule has 9 heteroatoms. The highest BCUT2D eigenvalue weighted by Gasteiger charge is 2.37. The van der Waals surface area contributed by atoms with Crippen molar-refractivity contribution < 1.29 is 31.1 Å². The molecule has 2 atom stereocenters. The van der Waals surface area contributed by atoms with Crippen molar-refractivity contribution in [3.05, 3.63) is 24.3 Å². The first kappa shape index (κ1) is 17.0. The van der Waals surface area contributed by atoms with E-state index in [2.05, 4.69) is 4.74 Å². The van der Waals surface area contributed by atoms with Gasteiger partial charge in [-0.25, -0.2) is 8.42 Å². The number of sulfonamides is 1. The first-order valence-electron chi connectivity index (χ1n) is 6.60. The Kier molecular flexibility index (Phi) is 4.69. The van der Waals surface area contributed by atoms with Crippen LogP contribution in [0.4, 0.5) is 13.2 Å². The van der Waals surface area contributed by atoms with Gasteiger partial charge >= 0.3 is 6.36 Å². The third-order valence-corrected chi connectivity index (χ3v) is 4.95. The second kappa shape index (κ2) is 6.05. The van der Waals surface area contributed by atoms with Crippen LogP contribution in [0.25, 0.3) is 0 Å². The van der Waals surface area contributed by atoms with Crippen LogP contribution in [-0.2, 0) is 14.8 Å². The van der Waals surface area contributed by atoms with Crippen molar-refractivity contribution in [1.29, 1.82) is 0 Å². The number of hydrogen-bond donors (Lipinski definition) is 0. The van der Waals surface area contributed by atoms with Gasteiger partial charge in [-0.15, -0.1) is 13.2 Å². The number of morpholine rings is 1. The Labute approximate surface area is 126 Å². The third-order valence-electron chi connectivity index (χ3n) is 3.08. The highest BCUT2D eigenvalue weighted by atomic mass is 32.2. The predicted octanol–water partition coefficient (Wildman–Crippen LogP) is 2.38. The van der Waals surface area contributed by atoms with Crippen LogP contribution in [-0.4, -0.2) is 44.4 Å². The first-order valence-corrected chi connectivity index (χ1v) is 8.04. The van der Waals surface area contributed by atoms with Crippen LogP contribution >= 0.6 is 0 Å². The molecule has 0 saturated carbocycles. The van der Waals surface area contributed by atoms with E-state index >= 15 is 0 Å². The zero-order valence-electron chi connectivity index (χ0n) is 12.0. The van der Waals surface area contributed by atoms with E-state index < -0.39 is 27.0 Å². The lowest BCUT2D eigenvalue weighted by molar-refractivity contribution is -0.275. The minimum absolute atomic E-state index is 0.0764. The lowest BCUT2D eigenvalue weighted by Crippen LogP contribution is -2.48. The Balaban J connectivity index is 2.37. The van der Waals surface area contributed by atoms with E-state index in [9.17, 15) is 21.6 Å². The highest BCUT2D eigenvalue weighted by molar-refractivity contribution is 7.89. The molecule has 0 spiro atoms. The maximum absolute atomic E-state index is 12.6. The van der Waals surface area contributed by atoms with Gasteiger partial charge in [-0.2, -0.15) is 4.31 Å². The fraction of sp³-hybridized carbons (Fsp3) is 0.538. The molecule has 0 amide bonds. The summed E-state index contributed by atoms with van der Waals surface area (Å²) in [6.07, 6.45) is -5.64. The van der Waals surface area contributed by atoms with Gasteiger partial charge < -0.3 is 9.47 Å². The molecular formula is C13H16F3NO4S. The molecule has 124 valence electrons. The smallest absolute Gasteiger partial charge is 0.404 e.